The number of amides is 8. The maximum absolute atomic E-state index is 14.9. The van der Waals surface area contributed by atoms with E-state index in [0.29, 0.717) is 53.5 Å². The number of hydrogen-bond donors (Lipinski definition) is 10. The van der Waals surface area contributed by atoms with E-state index in [2.05, 4.69) is 31.9 Å². The lowest BCUT2D eigenvalue weighted by molar-refractivity contribution is -0.143. The molecule has 3 heterocycles. The van der Waals surface area contributed by atoms with Gasteiger partial charge in [0.25, 0.3) is 5.91 Å². The van der Waals surface area contributed by atoms with Gasteiger partial charge in [-0.25, -0.2) is 4.79 Å². The van der Waals surface area contributed by atoms with Crippen molar-refractivity contribution in [3.63, 3.8) is 0 Å². The molecular weight excluding hydrogens is 1100 g/mol. The van der Waals surface area contributed by atoms with Gasteiger partial charge in [0.05, 0.1) is 11.6 Å². The van der Waals surface area contributed by atoms with Gasteiger partial charge < -0.3 is 68.0 Å². The first-order chi connectivity index (χ1) is 41.1. The van der Waals surface area contributed by atoms with Crippen molar-refractivity contribution in [2.45, 2.75) is 140 Å². The highest BCUT2D eigenvalue weighted by molar-refractivity contribution is 6.02. The molecule has 22 heteroatoms. The number of likely N-dealkylation sites (tertiary alicyclic amines) is 1. The van der Waals surface area contributed by atoms with Gasteiger partial charge in [-0.1, -0.05) is 100 Å². The minimum atomic E-state index is -1.53. The molecular formula is C64H75N9O13. The first-order valence-electron chi connectivity index (χ1n) is 29.1. The zero-order valence-electron chi connectivity index (χ0n) is 48.7. The molecule has 5 aromatic rings. The Bertz CT molecular complexity index is 3270. The van der Waals surface area contributed by atoms with Crippen LogP contribution in [0.4, 0.5) is 0 Å². The summed E-state index contributed by atoms with van der Waals surface area (Å²) >= 11 is 0. The topological polar surface area (TPSA) is 340 Å². The van der Waals surface area contributed by atoms with Gasteiger partial charge in [-0.15, -0.1) is 0 Å². The highest BCUT2D eigenvalue weighted by Crippen LogP contribution is 2.57. The smallest absolute Gasteiger partial charge is 0.340 e. The Hall–Kier alpha value is -9.31. The first-order valence-corrected chi connectivity index (χ1v) is 29.1. The van der Waals surface area contributed by atoms with Gasteiger partial charge in [0.15, 0.2) is 5.60 Å². The Kier molecular flexibility index (Phi) is 20.1. The van der Waals surface area contributed by atoms with E-state index in [0.717, 1.165) is 0 Å². The van der Waals surface area contributed by atoms with E-state index in [1.54, 1.807) is 62.4 Å². The number of ether oxygens (including phenoxy) is 2. The van der Waals surface area contributed by atoms with Crippen LogP contribution in [0.2, 0.25) is 0 Å². The van der Waals surface area contributed by atoms with Crippen LogP contribution in [0.3, 0.4) is 0 Å². The second kappa shape index (κ2) is 27.6. The van der Waals surface area contributed by atoms with E-state index in [4.69, 9.17) is 20.9 Å². The normalized spacial score (nSPS) is 16.6. The Labute approximate surface area is 498 Å². The molecule has 8 amide bonds. The van der Waals surface area contributed by atoms with Crippen LogP contribution in [-0.4, -0.2) is 124 Å². The molecule has 1 spiro atoms. The summed E-state index contributed by atoms with van der Waals surface area (Å²) in [4.78, 5) is 126. The fourth-order valence-electron chi connectivity index (χ4n) is 11.3. The molecule has 8 rings (SSSR count). The summed E-state index contributed by atoms with van der Waals surface area (Å²) in [5.41, 5.74) is 12.8. The number of nitrogens with one attached hydrogen (secondary N) is 6. The summed E-state index contributed by atoms with van der Waals surface area (Å²) in [6.45, 7) is 8.68. The van der Waals surface area contributed by atoms with Crippen LogP contribution in [0.5, 0.6) is 23.0 Å². The van der Waals surface area contributed by atoms with Crippen LogP contribution in [-0.2, 0) is 43.9 Å². The molecule has 86 heavy (non-hydrogen) atoms. The number of hydrogen-bond acceptors (Lipinski definition) is 14. The van der Waals surface area contributed by atoms with Crippen molar-refractivity contribution >= 4 is 53.2 Å². The monoisotopic (exact) mass is 1180 g/mol. The molecule has 454 valence electrons. The van der Waals surface area contributed by atoms with Gasteiger partial charge in [0.2, 0.25) is 41.4 Å². The summed E-state index contributed by atoms with van der Waals surface area (Å²) in [5, 5.41) is 37.3. The number of phenolic OH excluding ortho intramolecular Hbond substituents is 2. The summed E-state index contributed by atoms with van der Waals surface area (Å²) < 4.78 is 12.2. The molecule has 0 aliphatic carbocycles. The van der Waals surface area contributed by atoms with Crippen LogP contribution in [0.15, 0.2) is 115 Å². The number of nitrogens with two attached hydrogens (primary N) is 2. The molecule has 3 aliphatic heterocycles. The van der Waals surface area contributed by atoms with Crippen LogP contribution < -0.4 is 48.1 Å². The second-order valence-electron chi connectivity index (χ2n) is 22.4. The van der Waals surface area contributed by atoms with Crippen LogP contribution >= 0.6 is 0 Å². The van der Waals surface area contributed by atoms with Crippen molar-refractivity contribution in [1.82, 2.24) is 36.8 Å². The van der Waals surface area contributed by atoms with Crippen LogP contribution in [0, 0.1) is 5.92 Å². The van der Waals surface area contributed by atoms with E-state index in [1.165, 1.54) is 49.1 Å². The fraction of sp³-hybridized carbons (Fsp3) is 0.391. The first kappa shape index (κ1) is 62.7. The third-order valence-corrected chi connectivity index (χ3v) is 15.8. The number of carbonyl (C=O) groups is 9. The highest BCUT2D eigenvalue weighted by atomic mass is 16.6. The number of benzene rings is 5. The number of carbonyl (C=O) groups excluding carboxylic acids is 9. The standard InChI is InChI=1S/C64H75N9O13/c1-6-7-21-47(55(66)76)69-59(80)48(22-14-15-30-67-58(79)40-24-27-44-43(32-40)63(84)86-64(44)45-28-25-41(74)33-50(45)85-51-34-42(75)26-29-46(51)64)70-57(78)37(5)68-61(82)54(52(38-17-10-8-11-18-38)39-19-12-9-13-20-39)72-60(81)49-23-16-31-73(49)62(83)53(35(2)3)71-56(77)36(4)65/h8-13,17-20,24-29,32-37,47-49,52-54,74-75H,6-7,14-16,21-23,30-31,65H2,1-5H3,(H2,66,76)(H,67,79)(H,68,82)(H,69,80)(H,70,78)(H,71,77)(H,72,81)/t36-,37-,47-,48-,49-,53-,54-/m0/s1. The van der Waals surface area contributed by atoms with Crippen molar-refractivity contribution < 1.29 is 62.8 Å². The Morgan fingerprint density at radius 1 is 0.663 bits per heavy atom. The molecule has 0 aromatic heterocycles. The van der Waals surface area contributed by atoms with Crippen molar-refractivity contribution in [2.24, 2.45) is 17.4 Å². The van der Waals surface area contributed by atoms with Crippen molar-refractivity contribution in [3.8, 4) is 23.0 Å². The van der Waals surface area contributed by atoms with Crippen LogP contribution in [0.25, 0.3) is 0 Å². The van der Waals surface area contributed by atoms with Gasteiger partial charge in [0, 0.05) is 53.4 Å². The van der Waals surface area contributed by atoms with Crippen molar-refractivity contribution in [3.05, 3.63) is 154 Å². The van der Waals surface area contributed by atoms with E-state index >= 15 is 0 Å². The molecule has 0 unspecified atom stereocenters. The van der Waals surface area contributed by atoms with Gasteiger partial charge in [-0.3, -0.25) is 38.4 Å². The third kappa shape index (κ3) is 13.9. The molecule has 0 radical (unpaired) electrons. The number of fused-ring (bicyclic) bond motifs is 6. The zero-order chi connectivity index (χ0) is 62.0. The van der Waals surface area contributed by atoms with Crippen molar-refractivity contribution in [2.75, 3.05) is 13.1 Å². The Morgan fingerprint density at radius 2 is 1.26 bits per heavy atom. The lowest BCUT2D eigenvalue weighted by Crippen LogP contribution is -2.60. The average Bonchev–Trinajstić information content (AvgIpc) is 1.46. The van der Waals surface area contributed by atoms with Gasteiger partial charge >= 0.3 is 5.97 Å². The number of nitrogens with zero attached hydrogens (tertiary/aromatic N) is 1. The molecule has 0 bridgehead atoms. The van der Waals surface area contributed by atoms with Gasteiger partial charge in [-0.2, -0.15) is 0 Å². The number of aromatic hydroxyl groups is 2. The summed E-state index contributed by atoms with van der Waals surface area (Å²) in [5.74, 6) is -6.87. The lowest BCUT2D eigenvalue weighted by Gasteiger charge is -2.36. The minimum Gasteiger partial charge on any atom is -0.508 e. The molecule has 1 fully saturated rings. The molecule has 12 N–H and O–H groups in total. The molecule has 5 aromatic carbocycles. The van der Waals surface area contributed by atoms with E-state index < -0.39 is 107 Å². The molecule has 1 saturated heterocycles. The molecule has 22 nitrogen and oxygen atoms in total. The molecule has 3 aliphatic rings. The highest BCUT2D eigenvalue weighted by Gasteiger charge is 2.54. The molecule has 0 saturated carbocycles. The number of primary amides is 1. The van der Waals surface area contributed by atoms with E-state index in [9.17, 15) is 53.4 Å². The SMILES string of the molecule is CCCC[C@H](NC(=O)[C@H](CCCCNC(=O)c1ccc2c(c1)C(=O)OC21c2ccc(O)cc2Oc2cc(O)ccc21)NC(=O)[C@H](C)NC(=O)[C@@H](NC(=O)[C@@H]1CCCN1C(=O)[C@@H](NC(=O)[C@H](C)N)C(C)C)C(c1ccccc1)c1ccccc1)C(N)=O. The summed E-state index contributed by atoms with van der Waals surface area (Å²) in [6.07, 6.45) is 2.80. The quantitative estimate of drug-likeness (QED) is 0.0284. The van der Waals surface area contributed by atoms with Crippen LogP contribution in [0.1, 0.15) is 140 Å². The average molecular weight is 1180 g/mol. The van der Waals surface area contributed by atoms with E-state index in [-0.39, 0.29) is 78.8 Å². The maximum Gasteiger partial charge on any atom is 0.340 e. The zero-order valence-corrected chi connectivity index (χ0v) is 48.7. The maximum atomic E-state index is 14.9. The number of rotatable bonds is 25. The second-order valence-corrected chi connectivity index (χ2v) is 22.4. The predicted molar refractivity (Wildman–Crippen MR) is 316 cm³/mol. The number of esters is 1. The Balaban J connectivity index is 0.970. The predicted octanol–water partition coefficient (Wildman–Crippen LogP) is 4.51. The molecule has 7 atom stereocenters. The summed E-state index contributed by atoms with van der Waals surface area (Å²) in [7, 11) is 0. The Morgan fingerprint density at radius 3 is 1.84 bits per heavy atom. The number of phenols is 2. The fourth-order valence-corrected chi connectivity index (χ4v) is 11.3. The summed E-state index contributed by atoms with van der Waals surface area (Å²) in [6, 6.07) is 23.5. The third-order valence-electron chi connectivity index (χ3n) is 15.8. The van der Waals surface area contributed by atoms with Gasteiger partial charge in [-0.05, 0) is 106 Å². The lowest BCUT2D eigenvalue weighted by atomic mass is 9.77. The van der Waals surface area contributed by atoms with Crippen molar-refractivity contribution in [1.29, 1.82) is 0 Å². The minimum absolute atomic E-state index is 0.00826. The largest absolute Gasteiger partial charge is 0.508 e. The van der Waals surface area contributed by atoms with E-state index in [1.807, 2.05) is 43.3 Å². The van der Waals surface area contributed by atoms with Gasteiger partial charge in [0.1, 0.15) is 59.2 Å². The number of unbranched alkanes of at least 4 members (excludes halogenated alkanes) is 2.